The molecule has 1 heterocycles. The number of hydrogen-bond acceptors (Lipinski definition) is 3. The van der Waals surface area contributed by atoms with Gasteiger partial charge in [-0.25, -0.2) is 0 Å². The Kier molecular flexibility index (Phi) is 5.62. The predicted octanol–water partition coefficient (Wildman–Crippen LogP) is 3.13. The third-order valence-electron chi connectivity index (χ3n) is 2.85. The lowest BCUT2D eigenvalue weighted by atomic mass is 10.2. The fourth-order valence-corrected chi connectivity index (χ4v) is 2.58. The molecule has 0 saturated heterocycles. The van der Waals surface area contributed by atoms with E-state index in [1.807, 2.05) is 30.0 Å². The second kappa shape index (κ2) is 7.70. The van der Waals surface area contributed by atoms with Crippen LogP contribution in [0.25, 0.3) is 0 Å². The maximum atomic E-state index is 11.9. The van der Waals surface area contributed by atoms with Crippen LogP contribution in [-0.2, 0) is 5.75 Å². The van der Waals surface area contributed by atoms with Crippen molar-refractivity contribution in [1.29, 1.82) is 0 Å². The van der Waals surface area contributed by atoms with Gasteiger partial charge in [-0.15, -0.1) is 0 Å². The Balaban J connectivity index is 1.73. The fourth-order valence-electron chi connectivity index (χ4n) is 1.71. The van der Waals surface area contributed by atoms with Gasteiger partial charge in [0.05, 0.1) is 5.56 Å². The highest BCUT2D eigenvalue weighted by molar-refractivity contribution is 7.99. The minimum absolute atomic E-state index is 0.0646. The molecule has 4 heteroatoms. The van der Waals surface area contributed by atoms with Crippen molar-refractivity contribution in [2.24, 2.45) is 0 Å². The zero-order valence-electron chi connectivity index (χ0n) is 11.5. The van der Waals surface area contributed by atoms with E-state index < -0.39 is 0 Å². The molecule has 0 radical (unpaired) electrons. The van der Waals surface area contributed by atoms with Gasteiger partial charge in [-0.1, -0.05) is 37.3 Å². The SMILES string of the molecule is CC(CNC(=O)c1cccnc1)SCc1ccccc1. The molecule has 2 aromatic rings. The van der Waals surface area contributed by atoms with Gasteiger partial charge in [-0.05, 0) is 17.7 Å². The lowest BCUT2D eigenvalue weighted by Crippen LogP contribution is -2.29. The summed E-state index contributed by atoms with van der Waals surface area (Å²) in [6, 6.07) is 13.9. The van der Waals surface area contributed by atoms with Crippen molar-refractivity contribution >= 4 is 17.7 Å². The smallest absolute Gasteiger partial charge is 0.252 e. The second-order valence-electron chi connectivity index (χ2n) is 4.56. The van der Waals surface area contributed by atoms with Crippen molar-refractivity contribution in [1.82, 2.24) is 10.3 Å². The quantitative estimate of drug-likeness (QED) is 0.887. The molecule has 2 rings (SSSR count). The van der Waals surface area contributed by atoms with E-state index in [2.05, 4.69) is 29.4 Å². The Morgan fingerprint density at radius 3 is 2.75 bits per heavy atom. The first-order valence-electron chi connectivity index (χ1n) is 6.59. The maximum Gasteiger partial charge on any atom is 0.252 e. The Morgan fingerprint density at radius 2 is 2.05 bits per heavy atom. The highest BCUT2D eigenvalue weighted by Crippen LogP contribution is 2.16. The Bertz CT molecular complexity index is 531. The Hall–Kier alpha value is -1.81. The first kappa shape index (κ1) is 14.6. The van der Waals surface area contributed by atoms with E-state index in [1.165, 1.54) is 5.56 Å². The fraction of sp³-hybridized carbons (Fsp3) is 0.250. The van der Waals surface area contributed by atoms with Crippen molar-refractivity contribution in [3.05, 3.63) is 66.0 Å². The van der Waals surface area contributed by atoms with Gasteiger partial charge >= 0.3 is 0 Å². The summed E-state index contributed by atoms with van der Waals surface area (Å²) in [5.74, 6) is 0.898. The number of amides is 1. The Morgan fingerprint density at radius 1 is 1.25 bits per heavy atom. The minimum atomic E-state index is -0.0646. The predicted molar refractivity (Wildman–Crippen MR) is 83.8 cm³/mol. The lowest BCUT2D eigenvalue weighted by Gasteiger charge is -2.12. The van der Waals surface area contributed by atoms with Crippen LogP contribution < -0.4 is 5.32 Å². The van der Waals surface area contributed by atoms with E-state index in [-0.39, 0.29) is 5.91 Å². The van der Waals surface area contributed by atoms with Crippen LogP contribution in [0.1, 0.15) is 22.8 Å². The molecular weight excluding hydrogens is 268 g/mol. The third kappa shape index (κ3) is 4.70. The first-order valence-corrected chi connectivity index (χ1v) is 7.64. The van der Waals surface area contributed by atoms with Crippen molar-refractivity contribution in [3.63, 3.8) is 0 Å². The standard InChI is InChI=1S/C16H18N2OS/c1-13(20-12-14-6-3-2-4-7-14)10-18-16(19)15-8-5-9-17-11-15/h2-9,11,13H,10,12H2,1H3,(H,18,19). The normalized spacial score (nSPS) is 11.8. The number of nitrogens with zero attached hydrogens (tertiary/aromatic N) is 1. The van der Waals surface area contributed by atoms with Gasteiger partial charge < -0.3 is 5.32 Å². The number of rotatable bonds is 6. The summed E-state index contributed by atoms with van der Waals surface area (Å²) in [4.78, 5) is 15.8. The molecule has 1 aromatic carbocycles. The molecule has 1 unspecified atom stereocenters. The van der Waals surface area contributed by atoms with E-state index in [4.69, 9.17) is 0 Å². The zero-order valence-corrected chi connectivity index (χ0v) is 12.3. The van der Waals surface area contributed by atoms with E-state index in [0.29, 0.717) is 17.4 Å². The number of carbonyl (C=O) groups excluding carboxylic acids is 1. The number of nitrogens with one attached hydrogen (secondary N) is 1. The molecule has 1 aromatic heterocycles. The summed E-state index contributed by atoms with van der Waals surface area (Å²) in [5, 5.41) is 3.31. The number of thioether (sulfide) groups is 1. The molecule has 0 aliphatic heterocycles. The van der Waals surface area contributed by atoms with Crippen molar-refractivity contribution in [3.8, 4) is 0 Å². The molecular formula is C16H18N2OS. The average molecular weight is 286 g/mol. The van der Waals surface area contributed by atoms with Crippen LogP contribution in [0.5, 0.6) is 0 Å². The molecule has 0 spiro atoms. The monoisotopic (exact) mass is 286 g/mol. The summed E-state index contributed by atoms with van der Waals surface area (Å²) in [6.45, 7) is 2.78. The highest BCUT2D eigenvalue weighted by Gasteiger charge is 2.08. The third-order valence-corrected chi connectivity index (χ3v) is 4.09. The van der Waals surface area contributed by atoms with E-state index in [0.717, 1.165) is 5.75 Å². The maximum absolute atomic E-state index is 11.9. The van der Waals surface area contributed by atoms with Crippen LogP contribution in [0.3, 0.4) is 0 Å². The molecule has 1 N–H and O–H groups in total. The molecule has 0 aliphatic rings. The van der Waals surface area contributed by atoms with Crippen LogP contribution >= 0.6 is 11.8 Å². The molecule has 0 saturated carbocycles. The van der Waals surface area contributed by atoms with Crippen molar-refractivity contribution < 1.29 is 4.79 Å². The minimum Gasteiger partial charge on any atom is -0.351 e. The van der Waals surface area contributed by atoms with E-state index >= 15 is 0 Å². The second-order valence-corrected chi connectivity index (χ2v) is 5.99. The van der Waals surface area contributed by atoms with Gasteiger partial charge in [0.1, 0.15) is 0 Å². The van der Waals surface area contributed by atoms with Crippen LogP contribution in [0, 0.1) is 0 Å². The number of hydrogen-bond donors (Lipinski definition) is 1. The van der Waals surface area contributed by atoms with Gasteiger partial charge in [0.15, 0.2) is 0 Å². The van der Waals surface area contributed by atoms with Crippen molar-refractivity contribution in [2.75, 3.05) is 6.54 Å². The molecule has 0 fully saturated rings. The summed E-state index contributed by atoms with van der Waals surface area (Å²) < 4.78 is 0. The molecule has 0 bridgehead atoms. The van der Waals surface area contributed by atoms with Crippen molar-refractivity contribution in [2.45, 2.75) is 17.9 Å². The van der Waals surface area contributed by atoms with Crippen LogP contribution in [0.2, 0.25) is 0 Å². The van der Waals surface area contributed by atoms with Gasteiger partial charge in [-0.3, -0.25) is 9.78 Å². The number of aromatic nitrogens is 1. The summed E-state index contributed by atoms with van der Waals surface area (Å²) in [6.07, 6.45) is 3.24. The Labute approximate surface area is 123 Å². The topological polar surface area (TPSA) is 42.0 Å². The van der Waals surface area contributed by atoms with Gasteiger partial charge in [0.2, 0.25) is 0 Å². The van der Waals surface area contributed by atoms with E-state index in [1.54, 1.807) is 24.5 Å². The average Bonchev–Trinajstić information content (AvgIpc) is 2.52. The zero-order chi connectivity index (χ0) is 14.2. The largest absolute Gasteiger partial charge is 0.351 e. The van der Waals surface area contributed by atoms with E-state index in [9.17, 15) is 4.79 Å². The highest BCUT2D eigenvalue weighted by atomic mass is 32.2. The molecule has 0 aliphatic carbocycles. The summed E-state index contributed by atoms with van der Waals surface area (Å²) in [5.41, 5.74) is 1.91. The number of carbonyl (C=O) groups is 1. The molecule has 104 valence electrons. The van der Waals surface area contributed by atoms with Gasteiger partial charge in [-0.2, -0.15) is 11.8 Å². The van der Waals surface area contributed by atoms with Crippen LogP contribution in [0.4, 0.5) is 0 Å². The van der Waals surface area contributed by atoms with Gasteiger partial charge in [0, 0.05) is 29.9 Å². The molecule has 1 atom stereocenters. The summed E-state index contributed by atoms with van der Waals surface area (Å²) in [7, 11) is 0. The number of pyridine rings is 1. The number of benzene rings is 1. The van der Waals surface area contributed by atoms with Gasteiger partial charge in [0.25, 0.3) is 5.91 Å². The molecule has 3 nitrogen and oxygen atoms in total. The lowest BCUT2D eigenvalue weighted by molar-refractivity contribution is 0.0954. The molecule has 1 amide bonds. The first-order chi connectivity index (χ1) is 9.75. The molecule has 20 heavy (non-hydrogen) atoms. The van der Waals surface area contributed by atoms with Crippen LogP contribution in [0.15, 0.2) is 54.9 Å². The van der Waals surface area contributed by atoms with Crippen LogP contribution in [-0.4, -0.2) is 22.7 Å². The summed E-state index contributed by atoms with van der Waals surface area (Å²) >= 11 is 1.84.